The second-order valence-electron chi connectivity index (χ2n) is 4.48. The zero-order valence-corrected chi connectivity index (χ0v) is 11.1. The van der Waals surface area contributed by atoms with Crippen LogP contribution in [-0.4, -0.2) is 12.5 Å². The third-order valence-electron chi connectivity index (χ3n) is 3.26. The lowest BCUT2D eigenvalue weighted by Gasteiger charge is -2.26. The van der Waals surface area contributed by atoms with Crippen molar-refractivity contribution in [1.82, 2.24) is 0 Å². The van der Waals surface area contributed by atoms with E-state index in [0.29, 0.717) is 17.5 Å². The zero-order chi connectivity index (χ0) is 13.2. The number of hydrogen-bond acceptors (Lipinski definition) is 3. The molecule has 0 bridgehead atoms. The Morgan fingerprint density at radius 3 is 2.63 bits per heavy atom. The second kappa shape index (κ2) is 4.94. The molecule has 0 aromatic heterocycles. The van der Waals surface area contributed by atoms with Gasteiger partial charge in [0.05, 0.1) is 12.6 Å². The van der Waals surface area contributed by atoms with Gasteiger partial charge in [-0.05, 0) is 23.8 Å². The van der Waals surface area contributed by atoms with Gasteiger partial charge in [-0.1, -0.05) is 48.0 Å². The molecule has 0 spiro atoms. The lowest BCUT2D eigenvalue weighted by atomic mass is 10.1. The van der Waals surface area contributed by atoms with Crippen LogP contribution in [0.4, 0.5) is 5.69 Å². The van der Waals surface area contributed by atoms with Gasteiger partial charge in [0.15, 0.2) is 5.96 Å². The minimum absolute atomic E-state index is 0.139. The summed E-state index contributed by atoms with van der Waals surface area (Å²) in [7, 11) is 0. The molecule has 1 aliphatic heterocycles. The van der Waals surface area contributed by atoms with Gasteiger partial charge in [0.2, 0.25) is 0 Å². The molecule has 0 fully saturated rings. The van der Waals surface area contributed by atoms with Crippen molar-refractivity contribution in [2.45, 2.75) is 6.04 Å². The van der Waals surface area contributed by atoms with E-state index in [4.69, 9.17) is 17.3 Å². The minimum atomic E-state index is 0.139. The summed E-state index contributed by atoms with van der Waals surface area (Å²) < 4.78 is 0. The second-order valence-corrected chi connectivity index (χ2v) is 4.91. The third kappa shape index (κ3) is 2.29. The van der Waals surface area contributed by atoms with E-state index < -0.39 is 0 Å². The summed E-state index contributed by atoms with van der Waals surface area (Å²) in [6.07, 6.45) is 0. The molecule has 1 heterocycles. The van der Waals surface area contributed by atoms with Crippen molar-refractivity contribution >= 4 is 23.2 Å². The highest BCUT2D eigenvalue weighted by molar-refractivity contribution is 6.30. The molecular formula is C15H14ClN3. The summed E-state index contributed by atoms with van der Waals surface area (Å²) in [6.45, 7) is 0.669. The molecule has 4 heteroatoms. The van der Waals surface area contributed by atoms with Crippen LogP contribution in [0.5, 0.6) is 0 Å². The predicted molar refractivity (Wildman–Crippen MR) is 79.6 cm³/mol. The highest BCUT2D eigenvalue weighted by Gasteiger charge is 2.28. The molecule has 0 amide bonds. The number of halogens is 1. The average molecular weight is 272 g/mol. The summed E-state index contributed by atoms with van der Waals surface area (Å²) in [6, 6.07) is 18.1. The molecule has 19 heavy (non-hydrogen) atoms. The molecular weight excluding hydrogens is 258 g/mol. The smallest absolute Gasteiger partial charge is 0.196 e. The molecule has 1 unspecified atom stereocenters. The van der Waals surface area contributed by atoms with Gasteiger partial charge in [0, 0.05) is 10.7 Å². The van der Waals surface area contributed by atoms with Crippen molar-refractivity contribution in [3.05, 3.63) is 65.2 Å². The topological polar surface area (TPSA) is 41.6 Å². The number of benzene rings is 2. The first-order valence-corrected chi connectivity index (χ1v) is 6.53. The highest BCUT2D eigenvalue weighted by atomic mass is 35.5. The van der Waals surface area contributed by atoms with Crippen LogP contribution in [0.1, 0.15) is 11.6 Å². The number of nitrogens with two attached hydrogens (primary N) is 1. The fourth-order valence-electron chi connectivity index (χ4n) is 2.37. The Kier molecular flexibility index (Phi) is 3.13. The van der Waals surface area contributed by atoms with Gasteiger partial charge in [-0.15, -0.1) is 0 Å². The summed E-state index contributed by atoms with van der Waals surface area (Å²) in [5.74, 6) is 0.538. The van der Waals surface area contributed by atoms with Gasteiger partial charge < -0.3 is 10.6 Å². The van der Waals surface area contributed by atoms with Crippen molar-refractivity contribution in [3.63, 3.8) is 0 Å². The molecule has 0 saturated carbocycles. The maximum Gasteiger partial charge on any atom is 0.196 e. The lowest BCUT2D eigenvalue weighted by Crippen LogP contribution is -2.36. The SMILES string of the molecule is NC1=NCC(c2ccccc2)N1c1cccc(Cl)c1. The normalized spacial score (nSPS) is 18.5. The van der Waals surface area contributed by atoms with Crippen molar-refractivity contribution in [2.75, 3.05) is 11.4 Å². The van der Waals surface area contributed by atoms with Crippen molar-refractivity contribution in [2.24, 2.45) is 10.7 Å². The predicted octanol–water partition coefficient (Wildman–Crippen LogP) is 3.22. The standard InChI is InChI=1S/C15H14ClN3/c16-12-7-4-8-13(9-12)19-14(10-18-15(19)17)11-5-2-1-3-6-11/h1-9,14H,10H2,(H2,17,18). The van der Waals surface area contributed by atoms with Crippen LogP contribution in [0.25, 0.3) is 0 Å². The summed E-state index contributed by atoms with van der Waals surface area (Å²) in [4.78, 5) is 6.39. The Labute approximate surface area is 117 Å². The van der Waals surface area contributed by atoms with E-state index in [2.05, 4.69) is 17.1 Å². The zero-order valence-electron chi connectivity index (χ0n) is 10.3. The minimum Gasteiger partial charge on any atom is -0.369 e. The van der Waals surface area contributed by atoms with E-state index in [9.17, 15) is 0 Å². The molecule has 2 N–H and O–H groups in total. The number of rotatable bonds is 2. The monoisotopic (exact) mass is 271 g/mol. The molecule has 2 aromatic carbocycles. The fourth-order valence-corrected chi connectivity index (χ4v) is 2.55. The third-order valence-corrected chi connectivity index (χ3v) is 3.49. The van der Waals surface area contributed by atoms with E-state index in [1.165, 1.54) is 5.56 Å². The maximum absolute atomic E-state index is 6.06. The first-order valence-electron chi connectivity index (χ1n) is 6.15. The molecule has 0 saturated heterocycles. The van der Waals surface area contributed by atoms with E-state index >= 15 is 0 Å². The van der Waals surface area contributed by atoms with Crippen molar-refractivity contribution in [1.29, 1.82) is 0 Å². The van der Waals surface area contributed by atoms with Crippen LogP contribution in [0, 0.1) is 0 Å². The van der Waals surface area contributed by atoms with Crippen LogP contribution in [0.3, 0.4) is 0 Å². The van der Waals surface area contributed by atoms with Gasteiger partial charge in [0.1, 0.15) is 0 Å². The molecule has 0 radical (unpaired) electrons. The molecule has 1 aliphatic rings. The van der Waals surface area contributed by atoms with Gasteiger partial charge >= 0.3 is 0 Å². The van der Waals surface area contributed by atoms with Crippen LogP contribution in [0.15, 0.2) is 59.6 Å². The summed E-state index contributed by atoms with van der Waals surface area (Å²) in [5.41, 5.74) is 8.19. The van der Waals surface area contributed by atoms with Crippen LogP contribution in [0.2, 0.25) is 5.02 Å². The largest absolute Gasteiger partial charge is 0.369 e. The van der Waals surface area contributed by atoms with E-state index in [0.717, 1.165) is 5.69 Å². The number of anilines is 1. The lowest BCUT2D eigenvalue weighted by molar-refractivity contribution is 0.769. The van der Waals surface area contributed by atoms with Crippen LogP contribution in [-0.2, 0) is 0 Å². The Balaban J connectivity index is 1.99. The molecule has 1 atom stereocenters. The number of guanidine groups is 1. The maximum atomic E-state index is 6.06. The molecule has 2 aromatic rings. The first kappa shape index (κ1) is 12.1. The molecule has 96 valence electrons. The quantitative estimate of drug-likeness (QED) is 0.911. The number of hydrogen-bond donors (Lipinski definition) is 1. The Morgan fingerprint density at radius 2 is 1.89 bits per heavy atom. The summed E-state index contributed by atoms with van der Waals surface area (Å²) in [5, 5.41) is 0.698. The Bertz CT molecular complexity index is 610. The van der Waals surface area contributed by atoms with E-state index in [1.807, 2.05) is 47.4 Å². The molecule has 3 nitrogen and oxygen atoms in total. The van der Waals surface area contributed by atoms with E-state index in [1.54, 1.807) is 0 Å². The first-order chi connectivity index (χ1) is 9.25. The molecule has 3 rings (SSSR count). The summed E-state index contributed by atoms with van der Waals surface area (Å²) >= 11 is 6.06. The van der Waals surface area contributed by atoms with Gasteiger partial charge in [0.25, 0.3) is 0 Å². The van der Waals surface area contributed by atoms with Crippen LogP contribution >= 0.6 is 11.6 Å². The Morgan fingerprint density at radius 1 is 1.11 bits per heavy atom. The van der Waals surface area contributed by atoms with Gasteiger partial charge in [-0.25, -0.2) is 0 Å². The van der Waals surface area contributed by atoms with Crippen molar-refractivity contribution in [3.8, 4) is 0 Å². The van der Waals surface area contributed by atoms with Crippen molar-refractivity contribution < 1.29 is 0 Å². The average Bonchev–Trinajstić information content (AvgIpc) is 2.82. The number of nitrogens with zero attached hydrogens (tertiary/aromatic N) is 2. The highest BCUT2D eigenvalue weighted by Crippen LogP contribution is 2.32. The van der Waals surface area contributed by atoms with E-state index in [-0.39, 0.29) is 6.04 Å². The Hall–Kier alpha value is -2.00. The van der Waals surface area contributed by atoms with Gasteiger partial charge in [-0.3, -0.25) is 4.99 Å². The van der Waals surface area contributed by atoms with Gasteiger partial charge in [-0.2, -0.15) is 0 Å². The number of aliphatic imine (C=N–C) groups is 1. The molecule has 0 aliphatic carbocycles. The fraction of sp³-hybridized carbons (Fsp3) is 0.133. The van der Waals surface area contributed by atoms with Crippen LogP contribution < -0.4 is 10.6 Å².